The van der Waals surface area contributed by atoms with Gasteiger partial charge in [-0.15, -0.1) is 0 Å². The van der Waals surface area contributed by atoms with E-state index in [0.717, 1.165) is 60.3 Å². The van der Waals surface area contributed by atoms with E-state index in [2.05, 4.69) is 37.1 Å². The average Bonchev–Trinajstić information content (AvgIpc) is 2.90. The molecule has 0 radical (unpaired) electrons. The summed E-state index contributed by atoms with van der Waals surface area (Å²) in [6.45, 7) is 11.6. The largest absolute Gasteiger partial charge is 0.373 e. The van der Waals surface area contributed by atoms with Crippen LogP contribution in [0.2, 0.25) is 5.15 Å². The summed E-state index contributed by atoms with van der Waals surface area (Å²) in [6, 6.07) is 3.80. The van der Waals surface area contributed by atoms with Gasteiger partial charge in [-0.1, -0.05) is 52.6 Å². The van der Waals surface area contributed by atoms with Crippen molar-refractivity contribution in [3.8, 4) is 0 Å². The topological polar surface area (TPSA) is 93.5 Å². The number of halogens is 1. The summed E-state index contributed by atoms with van der Waals surface area (Å²) in [5.41, 5.74) is 4.51. The van der Waals surface area contributed by atoms with Crippen LogP contribution >= 0.6 is 11.6 Å². The highest BCUT2D eigenvalue weighted by Gasteiger charge is 2.20. The van der Waals surface area contributed by atoms with Crippen LogP contribution in [0.1, 0.15) is 76.4 Å². The van der Waals surface area contributed by atoms with Crippen LogP contribution in [0, 0.1) is 11.8 Å². The van der Waals surface area contributed by atoms with Crippen LogP contribution in [-0.4, -0.2) is 43.2 Å². The predicted molar refractivity (Wildman–Crippen MR) is 151 cm³/mol. The van der Waals surface area contributed by atoms with Gasteiger partial charge < -0.3 is 10.1 Å². The molecule has 1 aliphatic heterocycles. The zero-order chi connectivity index (χ0) is 27.0. The van der Waals surface area contributed by atoms with Gasteiger partial charge in [0.05, 0.1) is 40.9 Å². The third-order valence-corrected chi connectivity index (χ3v) is 9.21. The summed E-state index contributed by atoms with van der Waals surface area (Å²) in [6.07, 6.45) is 6.98. The number of aryl methyl sites for hydroxylation is 3. The number of aliphatic imine (C=N–C) groups is 1. The van der Waals surface area contributed by atoms with Crippen LogP contribution in [0.15, 0.2) is 28.2 Å². The van der Waals surface area contributed by atoms with E-state index < -0.39 is 9.84 Å². The van der Waals surface area contributed by atoms with Gasteiger partial charge in [-0.05, 0) is 67.2 Å². The van der Waals surface area contributed by atoms with Crippen LogP contribution in [0.5, 0.6) is 0 Å². The third kappa shape index (κ3) is 7.98. The number of nitrogens with one attached hydrogen (secondary N) is 1. The smallest absolute Gasteiger partial charge is 0.179 e. The highest BCUT2D eigenvalue weighted by Crippen LogP contribution is 2.28. The molecule has 0 saturated heterocycles. The fourth-order valence-corrected chi connectivity index (χ4v) is 5.69. The first-order chi connectivity index (χ1) is 17.7. The molecule has 2 aromatic rings. The van der Waals surface area contributed by atoms with E-state index in [-0.39, 0.29) is 10.6 Å². The average molecular weight is 549 g/mol. The number of ether oxygens (including phenoxy) is 1. The first-order valence-corrected chi connectivity index (χ1v) is 15.5. The Morgan fingerprint density at radius 2 is 1.95 bits per heavy atom. The minimum absolute atomic E-state index is 0.0516. The number of hydrogen-bond donors (Lipinski definition) is 1. The predicted octanol–water partition coefficient (Wildman–Crippen LogP) is 6.07. The van der Waals surface area contributed by atoms with Crippen molar-refractivity contribution < 1.29 is 13.2 Å². The number of fused-ring (bicyclic) bond motifs is 1. The first-order valence-electron chi connectivity index (χ1n) is 13.5. The highest BCUT2D eigenvalue weighted by atomic mass is 35.5. The molecule has 0 aliphatic carbocycles. The summed E-state index contributed by atoms with van der Waals surface area (Å²) in [5, 5.41) is 4.03. The molecule has 2 unspecified atom stereocenters. The SMILES string of the molecule is CCc1cc2c(nc1Cl)CCC(CC(C)CC)COCC(=NCc1ncc(S(=O)(=O)CC)cc1CC)N2. The molecule has 37 heavy (non-hydrogen) atoms. The van der Waals surface area contributed by atoms with Gasteiger partial charge in [-0.25, -0.2) is 13.4 Å². The van der Waals surface area contributed by atoms with Gasteiger partial charge in [-0.3, -0.25) is 9.98 Å². The Morgan fingerprint density at radius 1 is 1.19 bits per heavy atom. The maximum absolute atomic E-state index is 12.3. The Balaban J connectivity index is 1.92. The Labute approximate surface area is 227 Å². The molecule has 2 atom stereocenters. The number of sulfone groups is 1. The second-order valence-electron chi connectivity index (χ2n) is 9.88. The number of amidine groups is 1. The van der Waals surface area contributed by atoms with Gasteiger partial charge in [0.1, 0.15) is 17.6 Å². The lowest BCUT2D eigenvalue weighted by atomic mass is 9.90. The van der Waals surface area contributed by atoms with E-state index in [4.69, 9.17) is 26.3 Å². The second kappa shape index (κ2) is 13.7. The molecule has 204 valence electrons. The van der Waals surface area contributed by atoms with Gasteiger partial charge in [0.15, 0.2) is 9.84 Å². The number of pyridine rings is 2. The van der Waals surface area contributed by atoms with Gasteiger partial charge in [-0.2, -0.15) is 0 Å². The van der Waals surface area contributed by atoms with Crippen molar-refractivity contribution in [2.45, 2.75) is 84.6 Å². The van der Waals surface area contributed by atoms with E-state index in [1.807, 2.05) is 6.92 Å². The fraction of sp³-hybridized carbons (Fsp3) is 0.607. The molecule has 0 bridgehead atoms. The molecule has 0 amide bonds. The van der Waals surface area contributed by atoms with Crippen LogP contribution < -0.4 is 5.32 Å². The molecule has 3 rings (SSSR count). The molecular formula is C28H41ClN4O3S. The van der Waals surface area contributed by atoms with E-state index in [9.17, 15) is 8.42 Å². The highest BCUT2D eigenvalue weighted by molar-refractivity contribution is 7.91. The number of anilines is 1. The minimum atomic E-state index is -3.31. The van der Waals surface area contributed by atoms with Crippen molar-refractivity contribution in [3.63, 3.8) is 0 Å². The third-order valence-electron chi connectivity index (χ3n) is 7.18. The molecular weight excluding hydrogens is 508 g/mol. The zero-order valence-corrected chi connectivity index (χ0v) is 24.4. The van der Waals surface area contributed by atoms with Crippen LogP contribution in [-0.2, 0) is 40.4 Å². The molecule has 2 aromatic heterocycles. The summed E-state index contributed by atoms with van der Waals surface area (Å²) in [4.78, 5) is 14.3. The van der Waals surface area contributed by atoms with E-state index in [1.165, 1.54) is 6.20 Å². The summed E-state index contributed by atoms with van der Waals surface area (Å²) < 4.78 is 30.8. The number of rotatable bonds is 9. The van der Waals surface area contributed by atoms with Crippen molar-refractivity contribution in [1.29, 1.82) is 0 Å². The monoisotopic (exact) mass is 548 g/mol. The summed E-state index contributed by atoms with van der Waals surface area (Å²) in [7, 11) is -3.31. The molecule has 0 spiro atoms. The van der Waals surface area contributed by atoms with Crippen LogP contribution in [0.25, 0.3) is 0 Å². The first kappa shape index (κ1) is 29.5. The zero-order valence-electron chi connectivity index (χ0n) is 22.8. The molecule has 0 saturated carbocycles. The van der Waals surface area contributed by atoms with E-state index in [0.29, 0.717) is 49.0 Å². The minimum Gasteiger partial charge on any atom is -0.373 e. The molecule has 1 N–H and O–H groups in total. The Hall–Kier alpha value is -2.03. The second-order valence-corrected chi connectivity index (χ2v) is 12.5. The quantitative estimate of drug-likeness (QED) is 0.382. The maximum Gasteiger partial charge on any atom is 0.179 e. The Kier molecular flexibility index (Phi) is 10.9. The lowest BCUT2D eigenvalue weighted by Gasteiger charge is -2.24. The van der Waals surface area contributed by atoms with Crippen molar-refractivity contribution in [3.05, 3.63) is 46.0 Å². The van der Waals surface area contributed by atoms with Crippen LogP contribution in [0.4, 0.5) is 5.69 Å². The van der Waals surface area contributed by atoms with Gasteiger partial charge in [0.2, 0.25) is 0 Å². The lowest BCUT2D eigenvalue weighted by Crippen LogP contribution is -2.25. The maximum atomic E-state index is 12.3. The summed E-state index contributed by atoms with van der Waals surface area (Å²) in [5.74, 6) is 1.83. The molecule has 1 aliphatic rings. The van der Waals surface area contributed by atoms with Gasteiger partial charge in [0.25, 0.3) is 0 Å². The van der Waals surface area contributed by atoms with Gasteiger partial charge >= 0.3 is 0 Å². The normalized spacial score (nSPS) is 18.8. The van der Waals surface area contributed by atoms with Gasteiger partial charge in [0, 0.05) is 6.20 Å². The van der Waals surface area contributed by atoms with Crippen molar-refractivity contribution >= 4 is 33.0 Å². The Morgan fingerprint density at radius 3 is 2.62 bits per heavy atom. The molecule has 7 nitrogen and oxygen atoms in total. The number of aromatic nitrogens is 2. The standard InChI is InChI=1S/C28H41ClN4O3S/c1-6-19(5)12-20-10-11-24-25(14-22(8-3)28(29)33-24)32-27(18-36-17-20)31-16-26-21(7-2)13-23(15-30-26)37(34,35)9-4/h13-15,19-20H,6-12,16-18H2,1-5H3,(H,31,32). The Bertz CT molecular complexity index is 1200. The number of hydrogen-bond acceptors (Lipinski definition) is 6. The van der Waals surface area contributed by atoms with E-state index >= 15 is 0 Å². The molecule has 0 fully saturated rings. The fourth-order valence-electron chi connectivity index (χ4n) is 4.53. The summed E-state index contributed by atoms with van der Waals surface area (Å²) >= 11 is 6.49. The molecule has 9 heteroatoms. The van der Waals surface area contributed by atoms with E-state index in [1.54, 1.807) is 13.0 Å². The molecule has 3 heterocycles. The van der Waals surface area contributed by atoms with Crippen molar-refractivity contribution in [2.75, 3.05) is 24.3 Å². The number of nitrogens with zero attached hydrogens (tertiary/aromatic N) is 3. The lowest BCUT2D eigenvalue weighted by molar-refractivity contribution is 0.114. The van der Waals surface area contributed by atoms with Crippen molar-refractivity contribution in [2.24, 2.45) is 16.8 Å². The van der Waals surface area contributed by atoms with Crippen molar-refractivity contribution in [1.82, 2.24) is 9.97 Å². The van der Waals surface area contributed by atoms with Crippen LogP contribution in [0.3, 0.4) is 0 Å². The molecule has 0 aromatic carbocycles.